The van der Waals surface area contributed by atoms with Crippen molar-refractivity contribution in [2.75, 3.05) is 26.3 Å². The van der Waals surface area contributed by atoms with Crippen LogP contribution in [-0.2, 0) is 14.4 Å². The highest BCUT2D eigenvalue weighted by atomic mass is 16.7. The Morgan fingerprint density at radius 3 is 2.71 bits per heavy atom. The zero-order chi connectivity index (χ0) is 10.4. The fraction of sp³-hybridized carbons (Fsp3) is 0.700. The van der Waals surface area contributed by atoms with E-state index in [-0.39, 0.29) is 5.97 Å². The SMILES string of the molecule is CC/C=C(\C)C(=O)ON1CCOCC1. The molecule has 1 heterocycles. The predicted octanol–water partition coefficient (Wildman–Crippen LogP) is 1.13. The minimum absolute atomic E-state index is 0.256. The first-order valence-electron chi connectivity index (χ1n) is 4.95. The monoisotopic (exact) mass is 199 g/mol. The van der Waals surface area contributed by atoms with Gasteiger partial charge in [0.05, 0.1) is 26.3 Å². The second-order valence-corrected chi connectivity index (χ2v) is 3.22. The van der Waals surface area contributed by atoms with Crippen LogP contribution in [0.15, 0.2) is 11.6 Å². The Balaban J connectivity index is 2.35. The fourth-order valence-corrected chi connectivity index (χ4v) is 1.22. The molecule has 1 aliphatic heterocycles. The molecule has 1 fully saturated rings. The highest BCUT2D eigenvalue weighted by Crippen LogP contribution is 2.03. The van der Waals surface area contributed by atoms with Gasteiger partial charge in [-0.1, -0.05) is 13.0 Å². The van der Waals surface area contributed by atoms with Gasteiger partial charge in [-0.25, -0.2) is 4.79 Å². The molecule has 0 spiro atoms. The quantitative estimate of drug-likeness (QED) is 0.639. The van der Waals surface area contributed by atoms with Gasteiger partial charge in [0.25, 0.3) is 0 Å². The van der Waals surface area contributed by atoms with Crippen molar-refractivity contribution >= 4 is 5.97 Å². The molecule has 4 nitrogen and oxygen atoms in total. The van der Waals surface area contributed by atoms with Crippen molar-refractivity contribution in [3.05, 3.63) is 11.6 Å². The number of ether oxygens (including phenoxy) is 1. The molecule has 1 rings (SSSR count). The second-order valence-electron chi connectivity index (χ2n) is 3.22. The van der Waals surface area contributed by atoms with Gasteiger partial charge in [0, 0.05) is 5.57 Å². The molecule has 0 amide bonds. The molecule has 14 heavy (non-hydrogen) atoms. The lowest BCUT2D eigenvalue weighted by Gasteiger charge is -2.25. The molecule has 0 unspecified atom stereocenters. The molecule has 0 saturated carbocycles. The van der Waals surface area contributed by atoms with Crippen LogP contribution in [0.4, 0.5) is 0 Å². The number of hydrogen-bond donors (Lipinski definition) is 0. The van der Waals surface area contributed by atoms with E-state index in [0.717, 1.165) is 6.42 Å². The maximum Gasteiger partial charge on any atom is 0.352 e. The molecule has 1 saturated heterocycles. The van der Waals surface area contributed by atoms with Crippen LogP contribution in [0.25, 0.3) is 0 Å². The Labute approximate surface area is 84.4 Å². The standard InChI is InChI=1S/C10H17NO3/c1-3-4-9(2)10(12)14-11-5-7-13-8-6-11/h4H,3,5-8H2,1-2H3/b9-4+. The molecule has 0 bridgehead atoms. The molecule has 0 aromatic heterocycles. The van der Waals surface area contributed by atoms with Crippen molar-refractivity contribution in [2.24, 2.45) is 0 Å². The topological polar surface area (TPSA) is 38.8 Å². The number of hydrogen-bond acceptors (Lipinski definition) is 4. The van der Waals surface area contributed by atoms with Crippen molar-refractivity contribution in [1.29, 1.82) is 0 Å². The van der Waals surface area contributed by atoms with Crippen molar-refractivity contribution in [3.63, 3.8) is 0 Å². The maximum absolute atomic E-state index is 11.4. The lowest BCUT2D eigenvalue weighted by Crippen LogP contribution is -2.38. The summed E-state index contributed by atoms with van der Waals surface area (Å²) in [5.41, 5.74) is 0.666. The molecular formula is C10H17NO3. The summed E-state index contributed by atoms with van der Waals surface area (Å²) in [5.74, 6) is -0.256. The van der Waals surface area contributed by atoms with Crippen molar-refractivity contribution < 1.29 is 14.4 Å². The van der Waals surface area contributed by atoms with Gasteiger partial charge >= 0.3 is 5.97 Å². The zero-order valence-corrected chi connectivity index (χ0v) is 8.78. The predicted molar refractivity (Wildman–Crippen MR) is 52.5 cm³/mol. The molecule has 1 aliphatic rings. The van der Waals surface area contributed by atoms with Crippen LogP contribution in [0, 0.1) is 0 Å². The van der Waals surface area contributed by atoms with Crippen molar-refractivity contribution in [3.8, 4) is 0 Å². The van der Waals surface area contributed by atoms with E-state index in [1.807, 2.05) is 13.0 Å². The number of carbonyl (C=O) groups excluding carboxylic acids is 1. The Morgan fingerprint density at radius 2 is 2.14 bits per heavy atom. The molecule has 0 atom stereocenters. The highest BCUT2D eigenvalue weighted by Gasteiger charge is 2.15. The third-order valence-electron chi connectivity index (χ3n) is 2.01. The summed E-state index contributed by atoms with van der Waals surface area (Å²) >= 11 is 0. The van der Waals surface area contributed by atoms with E-state index in [1.165, 1.54) is 0 Å². The van der Waals surface area contributed by atoms with Gasteiger partial charge in [0.15, 0.2) is 0 Å². The smallest absolute Gasteiger partial charge is 0.352 e. The first-order chi connectivity index (χ1) is 6.74. The van der Waals surface area contributed by atoms with E-state index < -0.39 is 0 Å². The van der Waals surface area contributed by atoms with E-state index in [1.54, 1.807) is 12.0 Å². The largest absolute Gasteiger partial charge is 0.379 e. The molecule has 80 valence electrons. The van der Waals surface area contributed by atoms with E-state index in [4.69, 9.17) is 9.57 Å². The van der Waals surface area contributed by atoms with Crippen LogP contribution in [0.5, 0.6) is 0 Å². The van der Waals surface area contributed by atoms with Gasteiger partial charge in [-0.15, -0.1) is 5.06 Å². The fourth-order valence-electron chi connectivity index (χ4n) is 1.22. The highest BCUT2D eigenvalue weighted by molar-refractivity contribution is 5.87. The summed E-state index contributed by atoms with van der Waals surface area (Å²) in [6.07, 6.45) is 2.72. The van der Waals surface area contributed by atoms with E-state index >= 15 is 0 Å². The van der Waals surface area contributed by atoms with Gasteiger partial charge < -0.3 is 9.57 Å². The molecule has 0 aliphatic carbocycles. The molecule has 0 N–H and O–H groups in total. The van der Waals surface area contributed by atoms with Crippen molar-refractivity contribution in [1.82, 2.24) is 5.06 Å². The summed E-state index contributed by atoms with van der Waals surface area (Å²) in [7, 11) is 0. The lowest BCUT2D eigenvalue weighted by molar-refractivity contribution is -0.200. The van der Waals surface area contributed by atoms with E-state index in [9.17, 15) is 4.79 Å². The summed E-state index contributed by atoms with van der Waals surface area (Å²) in [6, 6.07) is 0. The molecular weight excluding hydrogens is 182 g/mol. The number of carbonyl (C=O) groups is 1. The van der Waals surface area contributed by atoms with Gasteiger partial charge in [0.2, 0.25) is 0 Å². The summed E-state index contributed by atoms with van der Waals surface area (Å²) < 4.78 is 5.14. The number of rotatable bonds is 3. The average molecular weight is 199 g/mol. The van der Waals surface area contributed by atoms with Gasteiger partial charge in [0.1, 0.15) is 0 Å². The summed E-state index contributed by atoms with van der Waals surface area (Å²) in [4.78, 5) is 16.6. The molecule has 0 aromatic rings. The number of morpholine rings is 1. The summed E-state index contributed by atoms with van der Waals surface area (Å²) in [5, 5.41) is 1.65. The number of nitrogens with zero attached hydrogens (tertiary/aromatic N) is 1. The van der Waals surface area contributed by atoms with Gasteiger partial charge in [-0.3, -0.25) is 0 Å². The van der Waals surface area contributed by atoms with Crippen LogP contribution < -0.4 is 0 Å². The van der Waals surface area contributed by atoms with E-state index in [0.29, 0.717) is 31.9 Å². The average Bonchev–Trinajstić information content (AvgIpc) is 2.19. The lowest BCUT2D eigenvalue weighted by atomic mass is 10.2. The third-order valence-corrected chi connectivity index (χ3v) is 2.01. The number of allylic oxidation sites excluding steroid dienone is 1. The van der Waals surface area contributed by atoms with Crippen LogP contribution in [0.2, 0.25) is 0 Å². The van der Waals surface area contributed by atoms with Crippen LogP contribution in [-0.4, -0.2) is 37.3 Å². The van der Waals surface area contributed by atoms with Crippen LogP contribution in [0.3, 0.4) is 0 Å². The third kappa shape index (κ3) is 3.47. The van der Waals surface area contributed by atoms with Crippen molar-refractivity contribution in [2.45, 2.75) is 20.3 Å². The minimum atomic E-state index is -0.256. The molecule has 0 radical (unpaired) electrons. The zero-order valence-electron chi connectivity index (χ0n) is 8.78. The maximum atomic E-state index is 11.4. The Bertz CT molecular complexity index is 219. The molecule has 4 heteroatoms. The normalized spacial score (nSPS) is 19.4. The van der Waals surface area contributed by atoms with E-state index in [2.05, 4.69) is 0 Å². The first kappa shape index (κ1) is 11.2. The Morgan fingerprint density at radius 1 is 1.50 bits per heavy atom. The van der Waals surface area contributed by atoms with Crippen LogP contribution >= 0.6 is 0 Å². The van der Waals surface area contributed by atoms with Gasteiger partial charge in [-0.05, 0) is 13.3 Å². The Hall–Kier alpha value is -0.870. The summed E-state index contributed by atoms with van der Waals surface area (Å²) in [6.45, 7) is 6.34. The minimum Gasteiger partial charge on any atom is -0.379 e. The van der Waals surface area contributed by atoms with Crippen LogP contribution in [0.1, 0.15) is 20.3 Å². The number of hydroxylamine groups is 2. The second kappa shape index (κ2) is 5.78. The molecule has 0 aromatic carbocycles. The first-order valence-corrected chi connectivity index (χ1v) is 4.95. The Kier molecular flexibility index (Phi) is 4.62. The van der Waals surface area contributed by atoms with Gasteiger partial charge in [-0.2, -0.15) is 0 Å².